The number of nitrogens with one attached hydrogen (secondary N) is 1. The predicted molar refractivity (Wildman–Crippen MR) is 131 cm³/mol. The van der Waals surface area contributed by atoms with Gasteiger partial charge < -0.3 is 15.0 Å². The van der Waals surface area contributed by atoms with Crippen LogP contribution in [0.4, 0.5) is 0 Å². The lowest BCUT2D eigenvalue weighted by atomic mass is 9.43. The van der Waals surface area contributed by atoms with Crippen LogP contribution in [-0.4, -0.2) is 57.0 Å². The number of rotatable bonds is 2. The lowest BCUT2D eigenvalue weighted by molar-refractivity contribution is -0.122. The molecule has 4 bridgehead atoms. The van der Waals surface area contributed by atoms with Gasteiger partial charge in [-0.05, 0) is 92.0 Å². The number of fused-ring (bicyclic) bond motifs is 1. The average molecular weight is 472 g/mol. The number of phenolic OH excluding ortho intramolecular Hbond substituents is 1. The topological polar surface area (TPSA) is 76.6 Å². The van der Waals surface area contributed by atoms with Gasteiger partial charge in [0, 0.05) is 48.5 Å². The fraction of sp³-hybridized carbons (Fsp3) is 0.586. The summed E-state index contributed by atoms with van der Waals surface area (Å²) >= 11 is 0. The first-order chi connectivity index (χ1) is 17.0. The van der Waals surface area contributed by atoms with Crippen molar-refractivity contribution in [2.75, 3.05) is 13.1 Å². The summed E-state index contributed by atoms with van der Waals surface area (Å²) in [4.78, 5) is 34.1. The molecule has 2 saturated heterocycles. The molecule has 6 aliphatic rings. The quantitative estimate of drug-likeness (QED) is 0.704. The highest BCUT2D eigenvalue weighted by Gasteiger charge is 2.76. The van der Waals surface area contributed by atoms with Crippen molar-refractivity contribution in [3.05, 3.63) is 63.6 Å². The fourth-order valence-corrected chi connectivity index (χ4v) is 10.2. The molecule has 182 valence electrons. The van der Waals surface area contributed by atoms with Gasteiger partial charge in [-0.25, -0.2) is 0 Å². The Labute approximate surface area is 205 Å². The molecular formula is C29H33N3O3. The molecule has 0 radical (unpaired) electrons. The van der Waals surface area contributed by atoms with E-state index in [1.165, 1.54) is 42.9 Å². The average Bonchev–Trinajstić information content (AvgIpc) is 3.26. The van der Waals surface area contributed by atoms with Gasteiger partial charge in [-0.15, -0.1) is 0 Å². The van der Waals surface area contributed by atoms with E-state index in [-0.39, 0.29) is 33.8 Å². The third-order valence-corrected chi connectivity index (χ3v) is 11.4. The van der Waals surface area contributed by atoms with Crippen molar-refractivity contribution in [2.45, 2.75) is 74.9 Å². The number of phenols is 1. The van der Waals surface area contributed by atoms with Gasteiger partial charge in [-0.2, -0.15) is 0 Å². The monoisotopic (exact) mass is 471 g/mol. The van der Waals surface area contributed by atoms with Crippen molar-refractivity contribution in [1.82, 2.24) is 14.8 Å². The number of H-pyrrole nitrogens is 1. The SMILES string of the molecule is O=C(c1c[nH]ccc1=O)N1C[C@H]2CC34CCC1C2C31CCN(C2CCC2)C4Cc2ccc(O)cc21. The van der Waals surface area contributed by atoms with Crippen LogP contribution in [0.3, 0.4) is 0 Å². The highest BCUT2D eigenvalue weighted by molar-refractivity contribution is 5.94. The maximum absolute atomic E-state index is 13.7. The minimum atomic E-state index is -0.198. The molecule has 6 atom stereocenters. The van der Waals surface area contributed by atoms with Crippen LogP contribution in [0.5, 0.6) is 5.75 Å². The number of aromatic nitrogens is 1. The molecule has 1 amide bonds. The van der Waals surface area contributed by atoms with E-state index in [4.69, 9.17) is 0 Å². The zero-order valence-electron chi connectivity index (χ0n) is 20.1. The molecule has 6 nitrogen and oxygen atoms in total. The highest BCUT2D eigenvalue weighted by Crippen LogP contribution is 2.75. The first-order valence-corrected chi connectivity index (χ1v) is 13.6. The molecule has 2 N–H and O–H groups in total. The maximum Gasteiger partial charge on any atom is 0.259 e. The van der Waals surface area contributed by atoms with E-state index in [2.05, 4.69) is 26.9 Å². The number of hydrogen-bond donors (Lipinski definition) is 2. The summed E-state index contributed by atoms with van der Waals surface area (Å²) in [6.45, 7) is 1.89. The number of nitrogens with zero attached hydrogens (tertiary/aromatic N) is 2. The summed E-state index contributed by atoms with van der Waals surface area (Å²) in [5.41, 5.74) is 3.13. The Balaban J connectivity index is 1.27. The van der Waals surface area contributed by atoms with E-state index >= 15 is 0 Å². The van der Waals surface area contributed by atoms with Gasteiger partial charge in [-0.3, -0.25) is 14.5 Å². The van der Waals surface area contributed by atoms with E-state index in [9.17, 15) is 14.7 Å². The molecule has 0 spiro atoms. The minimum absolute atomic E-state index is 0.0238. The molecule has 2 aliphatic heterocycles. The Bertz CT molecular complexity index is 1300. The van der Waals surface area contributed by atoms with Crippen LogP contribution in [0.15, 0.2) is 41.5 Å². The van der Waals surface area contributed by atoms with E-state index in [0.29, 0.717) is 23.6 Å². The summed E-state index contributed by atoms with van der Waals surface area (Å²) in [6.07, 6.45) is 12.8. The van der Waals surface area contributed by atoms with Gasteiger partial charge in [0.25, 0.3) is 5.91 Å². The Morgan fingerprint density at radius 3 is 2.83 bits per heavy atom. The second-order valence-corrected chi connectivity index (χ2v) is 12.2. The number of carbonyl (C=O) groups is 1. The third-order valence-electron chi connectivity index (χ3n) is 11.4. The molecular weight excluding hydrogens is 438 g/mol. The number of aromatic amines is 1. The molecule has 3 heterocycles. The number of pyridine rings is 1. The number of carbonyl (C=O) groups excluding carboxylic acids is 1. The van der Waals surface area contributed by atoms with Crippen molar-refractivity contribution < 1.29 is 9.90 Å². The molecule has 8 rings (SSSR count). The van der Waals surface area contributed by atoms with Crippen molar-refractivity contribution in [3.63, 3.8) is 0 Å². The number of aromatic hydroxyl groups is 1. The summed E-state index contributed by atoms with van der Waals surface area (Å²) < 4.78 is 0. The third kappa shape index (κ3) is 2.35. The molecule has 1 aromatic heterocycles. The van der Waals surface area contributed by atoms with Crippen molar-refractivity contribution in [2.24, 2.45) is 17.3 Å². The van der Waals surface area contributed by atoms with Crippen LogP contribution in [-0.2, 0) is 11.8 Å². The summed E-state index contributed by atoms with van der Waals surface area (Å²) in [7, 11) is 0. The van der Waals surface area contributed by atoms with Gasteiger partial charge in [0.1, 0.15) is 11.3 Å². The molecule has 5 unspecified atom stereocenters. The van der Waals surface area contributed by atoms with E-state index in [0.717, 1.165) is 44.8 Å². The van der Waals surface area contributed by atoms with Crippen molar-refractivity contribution in [3.8, 4) is 5.75 Å². The molecule has 4 aliphatic carbocycles. The Kier molecular flexibility index (Phi) is 3.99. The smallest absolute Gasteiger partial charge is 0.259 e. The molecule has 5 fully saturated rings. The zero-order chi connectivity index (χ0) is 23.5. The second-order valence-electron chi connectivity index (χ2n) is 12.2. The number of amides is 1. The fourth-order valence-electron chi connectivity index (χ4n) is 10.2. The Morgan fingerprint density at radius 2 is 2.03 bits per heavy atom. The first kappa shape index (κ1) is 20.6. The number of hydrogen-bond acceptors (Lipinski definition) is 4. The van der Waals surface area contributed by atoms with Gasteiger partial charge in [-0.1, -0.05) is 12.5 Å². The van der Waals surface area contributed by atoms with Crippen molar-refractivity contribution >= 4 is 5.91 Å². The predicted octanol–water partition coefficient (Wildman–Crippen LogP) is 3.44. The highest BCUT2D eigenvalue weighted by atomic mass is 16.3. The van der Waals surface area contributed by atoms with E-state index < -0.39 is 0 Å². The van der Waals surface area contributed by atoms with Crippen LogP contribution in [0, 0.1) is 17.3 Å². The van der Waals surface area contributed by atoms with E-state index in [1.807, 2.05) is 6.07 Å². The van der Waals surface area contributed by atoms with Crippen LogP contribution < -0.4 is 5.43 Å². The minimum Gasteiger partial charge on any atom is -0.508 e. The Hall–Kier alpha value is -2.60. The van der Waals surface area contributed by atoms with Crippen LogP contribution in [0.25, 0.3) is 0 Å². The Morgan fingerprint density at radius 1 is 1.14 bits per heavy atom. The van der Waals surface area contributed by atoms with Gasteiger partial charge in [0.05, 0.1) is 0 Å². The van der Waals surface area contributed by atoms with Gasteiger partial charge in [0.15, 0.2) is 5.43 Å². The molecule has 1 aromatic carbocycles. The van der Waals surface area contributed by atoms with Crippen LogP contribution >= 0.6 is 0 Å². The molecule has 3 saturated carbocycles. The van der Waals surface area contributed by atoms with Crippen molar-refractivity contribution in [1.29, 1.82) is 0 Å². The van der Waals surface area contributed by atoms with Gasteiger partial charge in [0.2, 0.25) is 0 Å². The van der Waals surface area contributed by atoms with E-state index in [1.54, 1.807) is 12.4 Å². The summed E-state index contributed by atoms with van der Waals surface area (Å²) in [5.74, 6) is 1.14. The lowest BCUT2D eigenvalue weighted by Crippen LogP contribution is -2.71. The molecule has 35 heavy (non-hydrogen) atoms. The normalized spacial score (nSPS) is 39.1. The summed E-state index contributed by atoms with van der Waals surface area (Å²) in [5, 5.41) is 10.6. The largest absolute Gasteiger partial charge is 0.508 e. The first-order valence-electron chi connectivity index (χ1n) is 13.6. The lowest BCUT2D eigenvalue weighted by Gasteiger charge is -2.68. The standard InChI is InChI=1S/C29H33N3O3/c33-20-5-4-17-12-25-28-8-6-23-26(29(28,22(17)13-20)9-11-31(25)19-2-1-3-19)18(14-28)16-32(23)27(35)21-15-30-10-7-24(21)34/h4-5,7,10,13,15,18-19,23,25-26,33H,1-3,6,8-9,11-12,14,16H2,(H,30,34)/t18-,23?,25?,26?,28?,29?/m1/s1. The second kappa shape index (κ2) is 6.78. The number of piperidine rings is 1. The number of likely N-dealkylation sites (tertiary alicyclic amines) is 2. The van der Waals surface area contributed by atoms with Gasteiger partial charge >= 0.3 is 0 Å². The number of benzene rings is 1. The zero-order valence-corrected chi connectivity index (χ0v) is 20.1. The molecule has 6 heteroatoms. The van der Waals surface area contributed by atoms with Crippen LogP contribution in [0.1, 0.15) is 66.4 Å². The summed E-state index contributed by atoms with van der Waals surface area (Å²) in [6, 6.07) is 9.07. The van der Waals surface area contributed by atoms with Crippen LogP contribution in [0.2, 0.25) is 0 Å². The maximum atomic E-state index is 13.7. The molecule has 2 aromatic rings.